The highest BCUT2D eigenvalue weighted by Crippen LogP contribution is 2.37. The average molecular weight is 435 g/mol. The largest absolute Gasteiger partial charge is 0.419 e. The van der Waals surface area contributed by atoms with Crippen LogP contribution >= 0.6 is 0 Å². The second kappa shape index (κ2) is 7.77. The fourth-order valence-electron chi connectivity index (χ4n) is 3.26. The van der Waals surface area contributed by atoms with E-state index in [1.807, 2.05) is 5.32 Å². The first kappa shape index (κ1) is 21.8. The molecule has 1 aliphatic heterocycles. The van der Waals surface area contributed by atoms with E-state index in [2.05, 4.69) is 4.98 Å². The number of alkyl halides is 6. The molecule has 2 heterocycles. The predicted molar refractivity (Wildman–Crippen MR) is 91.9 cm³/mol. The number of amides is 2. The summed E-state index contributed by atoms with van der Waals surface area (Å²) in [6.07, 6.45) is -7.94. The minimum atomic E-state index is -4.91. The van der Waals surface area contributed by atoms with Crippen LogP contribution in [0.5, 0.6) is 0 Å². The number of hydrogen-bond donors (Lipinski definition) is 1. The van der Waals surface area contributed by atoms with Crippen molar-refractivity contribution >= 4 is 6.03 Å². The van der Waals surface area contributed by atoms with Crippen molar-refractivity contribution in [2.45, 2.75) is 37.8 Å². The van der Waals surface area contributed by atoms with Crippen molar-refractivity contribution in [2.75, 3.05) is 6.54 Å². The molecule has 0 aliphatic carbocycles. The van der Waals surface area contributed by atoms with Crippen molar-refractivity contribution in [1.82, 2.24) is 15.2 Å². The summed E-state index contributed by atoms with van der Waals surface area (Å²) in [6, 6.07) is 1.08. The van der Waals surface area contributed by atoms with E-state index in [0.717, 1.165) is 17.9 Å². The van der Waals surface area contributed by atoms with Gasteiger partial charge in [-0.3, -0.25) is 4.98 Å². The van der Waals surface area contributed by atoms with Gasteiger partial charge in [-0.1, -0.05) is 12.1 Å². The summed E-state index contributed by atoms with van der Waals surface area (Å²) < 4.78 is 91.4. The van der Waals surface area contributed by atoms with E-state index >= 15 is 0 Å². The first-order valence-electron chi connectivity index (χ1n) is 8.84. The molecule has 2 atom stereocenters. The topological polar surface area (TPSA) is 45.2 Å². The van der Waals surface area contributed by atoms with Gasteiger partial charge in [0.25, 0.3) is 0 Å². The summed E-state index contributed by atoms with van der Waals surface area (Å²) in [4.78, 5) is 17.7. The standard InChI is InChI=1S/C19H16F7N3O/c1-10(18(21,22)23)28-17(30)29-8-6-11-3-2-7-27-15(11)16(29)12-4-5-13(14(20)9-12)19(24,25)26/h2-5,7,9-10,16H,6,8H2,1H3,(H,28,30)/t10-,16+/m0/s1. The molecule has 1 N–H and O–H groups in total. The molecule has 0 saturated heterocycles. The number of halogens is 7. The van der Waals surface area contributed by atoms with Gasteiger partial charge >= 0.3 is 18.4 Å². The Morgan fingerprint density at radius 3 is 2.50 bits per heavy atom. The fourth-order valence-corrected chi connectivity index (χ4v) is 3.26. The van der Waals surface area contributed by atoms with Crippen LogP contribution in [0.3, 0.4) is 0 Å². The van der Waals surface area contributed by atoms with Gasteiger partial charge in [0, 0.05) is 12.7 Å². The van der Waals surface area contributed by atoms with E-state index < -0.39 is 41.8 Å². The van der Waals surface area contributed by atoms with Crippen molar-refractivity contribution in [3.63, 3.8) is 0 Å². The Hall–Kier alpha value is -2.85. The SMILES string of the molecule is C[C@H](NC(=O)N1CCc2cccnc2[C@H]1c1ccc(C(F)(F)F)c(F)c1)C(F)(F)F. The van der Waals surface area contributed by atoms with Crippen molar-refractivity contribution in [3.8, 4) is 0 Å². The molecule has 0 saturated carbocycles. The Morgan fingerprint density at radius 1 is 1.20 bits per heavy atom. The highest BCUT2D eigenvalue weighted by Gasteiger charge is 2.41. The van der Waals surface area contributed by atoms with Gasteiger partial charge in [0.05, 0.1) is 11.3 Å². The quantitative estimate of drug-likeness (QED) is 0.686. The van der Waals surface area contributed by atoms with Gasteiger partial charge in [-0.25, -0.2) is 9.18 Å². The van der Waals surface area contributed by atoms with E-state index in [-0.39, 0.29) is 24.2 Å². The summed E-state index contributed by atoms with van der Waals surface area (Å²) >= 11 is 0. The lowest BCUT2D eigenvalue weighted by atomic mass is 9.92. The third kappa shape index (κ3) is 4.34. The summed E-state index contributed by atoms with van der Waals surface area (Å²) in [5.74, 6) is -1.55. The number of nitrogens with zero attached hydrogens (tertiary/aromatic N) is 2. The van der Waals surface area contributed by atoms with Crippen molar-refractivity contribution in [1.29, 1.82) is 0 Å². The lowest BCUT2D eigenvalue weighted by molar-refractivity contribution is -0.149. The second-order valence-electron chi connectivity index (χ2n) is 6.84. The van der Waals surface area contributed by atoms with Crippen LogP contribution in [0.4, 0.5) is 35.5 Å². The molecule has 0 bridgehead atoms. The second-order valence-corrected chi connectivity index (χ2v) is 6.84. The number of carbonyl (C=O) groups is 1. The lowest BCUT2D eigenvalue weighted by Crippen LogP contribution is -2.52. The fraction of sp³-hybridized carbons (Fsp3) is 0.368. The summed E-state index contributed by atoms with van der Waals surface area (Å²) in [7, 11) is 0. The highest BCUT2D eigenvalue weighted by molar-refractivity contribution is 5.76. The van der Waals surface area contributed by atoms with Gasteiger partial charge in [0.2, 0.25) is 0 Å². The maximum absolute atomic E-state index is 14.2. The number of fused-ring (bicyclic) bond motifs is 1. The maximum atomic E-state index is 14.2. The first-order valence-corrected chi connectivity index (χ1v) is 8.84. The van der Waals surface area contributed by atoms with Crippen LogP contribution in [0.15, 0.2) is 36.5 Å². The molecule has 162 valence electrons. The molecule has 0 radical (unpaired) electrons. The molecule has 1 aliphatic rings. The zero-order valence-electron chi connectivity index (χ0n) is 15.5. The van der Waals surface area contributed by atoms with Crippen LogP contribution < -0.4 is 5.32 Å². The molecule has 11 heteroatoms. The zero-order valence-corrected chi connectivity index (χ0v) is 15.5. The van der Waals surface area contributed by atoms with E-state index in [9.17, 15) is 35.5 Å². The number of nitrogens with one attached hydrogen (secondary N) is 1. The number of aromatic nitrogens is 1. The highest BCUT2D eigenvalue weighted by atomic mass is 19.4. The molecule has 0 fully saturated rings. The van der Waals surface area contributed by atoms with Crippen LogP contribution in [0.1, 0.15) is 35.3 Å². The molecule has 1 aromatic carbocycles. The summed E-state index contributed by atoms with van der Waals surface area (Å²) in [5.41, 5.74) is -0.589. The van der Waals surface area contributed by atoms with Crippen LogP contribution in [-0.2, 0) is 12.6 Å². The van der Waals surface area contributed by atoms with Gasteiger partial charge in [-0.2, -0.15) is 26.3 Å². The Kier molecular flexibility index (Phi) is 5.66. The lowest BCUT2D eigenvalue weighted by Gasteiger charge is -2.37. The molecule has 0 unspecified atom stereocenters. The average Bonchev–Trinajstić information content (AvgIpc) is 2.65. The van der Waals surface area contributed by atoms with Gasteiger partial charge in [0.15, 0.2) is 0 Å². The monoisotopic (exact) mass is 435 g/mol. The molecule has 0 spiro atoms. The van der Waals surface area contributed by atoms with Crippen molar-refractivity contribution in [2.24, 2.45) is 0 Å². The molecule has 1 aromatic heterocycles. The molecular weight excluding hydrogens is 419 g/mol. The van der Waals surface area contributed by atoms with Gasteiger partial charge in [-0.15, -0.1) is 0 Å². The van der Waals surface area contributed by atoms with E-state index in [1.165, 1.54) is 6.20 Å². The molecule has 30 heavy (non-hydrogen) atoms. The zero-order chi connectivity index (χ0) is 22.3. The number of carbonyl (C=O) groups excluding carboxylic acids is 1. The Bertz CT molecular complexity index is 942. The predicted octanol–water partition coefficient (Wildman–Crippen LogP) is 4.85. The molecule has 2 aromatic rings. The number of rotatable bonds is 2. The minimum absolute atomic E-state index is 0.0254. The Balaban J connectivity index is 2.02. The Morgan fingerprint density at radius 2 is 1.90 bits per heavy atom. The summed E-state index contributed by atoms with van der Waals surface area (Å²) in [5, 5.41) is 1.83. The third-order valence-electron chi connectivity index (χ3n) is 4.82. The van der Waals surface area contributed by atoms with E-state index in [1.54, 1.807) is 12.1 Å². The molecule has 2 amide bonds. The van der Waals surface area contributed by atoms with Crippen molar-refractivity contribution < 1.29 is 35.5 Å². The summed E-state index contributed by atoms with van der Waals surface area (Å²) in [6.45, 7) is 0.739. The Labute approximate surface area is 166 Å². The van der Waals surface area contributed by atoms with Crippen LogP contribution in [0.2, 0.25) is 0 Å². The van der Waals surface area contributed by atoms with Gasteiger partial charge < -0.3 is 10.2 Å². The smallest absolute Gasteiger partial charge is 0.326 e. The number of pyridine rings is 1. The minimum Gasteiger partial charge on any atom is -0.326 e. The van der Waals surface area contributed by atoms with Crippen LogP contribution in [0.25, 0.3) is 0 Å². The first-order chi connectivity index (χ1) is 13.9. The number of benzene rings is 1. The normalized spacial score (nSPS) is 18.0. The van der Waals surface area contributed by atoms with E-state index in [0.29, 0.717) is 17.7 Å². The molecule has 4 nitrogen and oxygen atoms in total. The number of hydrogen-bond acceptors (Lipinski definition) is 2. The van der Waals surface area contributed by atoms with Gasteiger partial charge in [0.1, 0.15) is 17.9 Å². The third-order valence-corrected chi connectivity index (χ3v) is 4.82. The number of urea groups is 1. The maximum Gasteiger partial charge on any atom is 0.419 e. The van der Waals surface area contributed by atoms with Crippen LogP contribution in [-0.4, -0.2) is 34.7 Å². The van der Waals surface area contributed by atoms with Crippen LogP contribution in [0, 0.1) is 5.82 Å². The van der Waals surface area contributed by atoms with Crippen molar-refractivity contribution in [3.05, 3.63) is 64.7 Å². The molecule has 3 rings (SSSR count). The van der Waals surface area contributed by atoms with E-state index in [4.69, 9.17) is 0 Å². The van der Waals surface area contributed by atoms with Gasteiger partial charge in [-0.05, 0) is 42.7 Å². The molecular formula is C19H16F7N3O.